The molecule has 8 heteroatoms. The van der Waals surface area contributed by atoms with Crippen LogP contribution in [-0.2, 0) is 11.3 Å². The Bertz CT molecular complexity index is 864. The highest BCUT2D eigenvalue weighted by molar-refractivity contribution is 5.69. The number of unbranched alkanes of at least 4 members (excludes halogenated alkanes) is 1. The highest BCUT2D eigenvalue weighted by Gasteiger charge is 2.48. The van der Waals surface area contributed by atoms with Crippen LogP contribution in [0.5, 0.6) is 0 Å². The van der Waals surface area contributed by atoms with E-state index in [1.54, 1.807) is 4.90 Å². The molecule has 0 radical (unpaired) electrons. The normalized spacial score (nSPS) is 19.2. The molecule has 0 bridgehead atoms. The summed E-state index contributed by atoms with van der Waals surface area (Å²) in [6.07, 6.45) is 4.83. The van der Waals surface area contributed by atoms with E-state index in [4.69, 9.17) is 10.5 Å². The van der Waals surface area contributed by atoms with Crippen LogP contribution in [-0.4, -0.2) is 38.8 Å². The Morgan fingerprint density at radius 1 is 1.24 bits per heavy atom. The second-order valence-corrected chi connectivity index (χ2v) is 9.63. The van der Waals surface area contributed by atoms with Crippen molar-refractivity contribution in [2.75, 3.05) is 18.8 Å². The smallest absolute Gasteiger partial charge is 0.410 e. The van der Waals surface area contributed by atoms with Crippen molar-refractivity contribution in [1.29, 1.82) is 0 Å². The second-order valence-electron chi connectivity index (χ2n) is 9.63. The molecular formula is C21H34N4O4. The molecule has 1 aliphatic carbocycles. The average Bonchev–Trinajstić information content (AvgIpc) is 2.58. The fraction of sp³-hybridized carbons (Fsp3) is 0.762. The Balaban J connectivity index is 1.66. The fourth-order valence-electron chi connectivity index (χ4n) is 4.49. The number of likely N-dealkylation sites (tertiary alicyclic amines) is 1. The van der Waals surface area contributed by atoms with Crippen molar-refractivity contribution in [3.05, 3.63) is 26.9 Å². The first-order valence-corrected chi connectivity index (χ1v) is 10.6. The third-order valence-corrected chi connectivity index (χ3v) is 6.08. The molecule has 2 N–H and O–H groups in total. The van der Waals surface area contributed by atoms with E-state index in [9.17, 15) is 14.4 Å². The highest BCUT2D eigenvalue weighted by atomic mass is 16.6. The molecule has 0 aromatic carbocycles. The lowest BCUT2D eigenvalue weighted by atomic mass is 9.67. The van der Waals surface area contributed by atoms with Crippen LogP contribution in [0.15, 0.2) is 15.7 Å². The number of nitrogens with zero attached hydrogens (tertiary/aromatic N) is 3. The van der Waals surface area contributed by atoms with E-state index in [1.165, 1.54) is 15.2 Å². The Morgan fingerprint density at radius 3 is 2.41 bits per heavy atom. The molecule has 2 fully saturated rings. The van der Waals surface area contributed by atoms with E-state index >= 15 is 0 Å². The number of rotatable bonds is 4. The van der Waals surface area contributed by atoms with Crippen LogP contribution in [0.3, 0.4) is 0 Å². The van der Waals surface area contributed by atoms with Gasteiger partial charge in [0.25, 0.3) is 5.56 Å². The fourth-order valence-corrected chi connectivity index (χ4v) is 4.49. The zero-order valence-electron chi connectivity index (χ0n) is 18.1. The van der Waals surface area contributed by atoms with Gasteiger partial charge in [0.2, 0.25) is 0 Å². The summed E-state index contributed by atoms with van der Waals surface area (Å²) in [7, 11) is 0. The third kappa shape index (κ3) is 4.51. The summed E-state index contributed by atoms with van der Waals surface area (Å²) in [5.41, 5.74) is 4.91. The van der Waals surface area contributed by atoms with Crippen LogP contribution in [0.25, 0.3) is 0 Å². The summed E-state index contributed by atoms with van der Waals surface area (Å²) < 4.78 is 8.35. The highest BCUT2D eigenvalue weighted by Crippen LogP contribution is 2.46. The summed E-state index contributed by atoms with van der Waals surface area (Å²) in [4.78, 5) is 39.4. The largest absolute Gasteiger partial charge is 0.444 e. The number of carbonyl (C=O) groups excluding carboxylic acids is 1. The molecule has 1 aromatic heterocycles. The maximum absolute atomic E-state index is 12.9. The Morgan fingerprint density at radius 2 is 1.86 bits per heavy atom. The maximum Gasteiger partial charge on any atom is 0.410 e. The van der Waals surface area contributed by atoms with Crippen LogP contribution >= 0.6 is 0 Å². The van der Waals surface area contributed by atoms with Gasteiger partial charge in [-0.05, 0) is 52.9 Å². The van der Waals surface area contributed by atoms with E-state index in [0.717, 1.165) is 38.5 Å². The molecule has 2 heterocycles. The summed E-state index contributed by atoms with van der Waals surface area (Å²) in [6.45, 7) is 9.55. The van der Waals surface area contributed by atoms with Gasteiger partial charge in [-0.25, -0.2) is 9.59 Å². The van der Waals surface area contributed by atoms with Crippen LogP contribution < -0.4 is 17.0 Å². The predicted octanol–water partition coefficient (Wildman–Crippen LogP) is 2.74. The van der Waals surface area contributed by atoms with Crippen LogP contribution in [0.4, 0.5) is 10.6 Å². The van der Waals surface area contributed by atoms with Crippen molar-refractivity contribution in [3.8, 4) is 0 Å². The molecular weight excluding hydrogens is 372 g/mol. The molecule has 8 nitrogen and oxygen atoms in total. The van der Waals surface area contributed by atoms with Crippen LogP contribution in [0.2, 0.25) is 0 Å². The summed E-state index contributed by atoms with van der Waals surface area (Å²) >= 11 is 0. The Hall–Kier alpha value is -2.25. The van der Waals surface area contributed by atoms with Gasteiger partial charge in [0.05, 0.1) is 0 Å². The number of hydrogen-bond donors (Lipinski definition) is 1. The van der Waals surface area contributed by atoms with E-state index in [1.807, 2.05) is 20.8 Å². The molecule has 1 aromatic rings. The van der Waals surface area contributed by atoms with Gasteiger partial charge >= 0.3 is 11.8 Å². The van der Waals surface area contributed by atoms with Crippen molar-refractivity contribution in [3.63, 3.8) is 0 Å². The molecule has 1 spiro atoms. The quantitative estimate of drug-likeness (QED) is 0.829. The Kier molecular flexibility index (Phi) is 5.83. The molecule has 1 saturated carbocycles. The minimum absolute atomic E-state index is 0.0893. The van der Waals surface area contributed by atoms with Crippen molar-refractivity contribution in [2.24, 2.45) is 5.41 Å². The van der Waals surface area contributed by atoms with E-state index in [-0.39, 0.29) is 34.6 Å². The molecule has 1 amide bonds. The third-order valence-electron chi connectivity index (χ3n) is 6.08. The summed E-state index contributed by atoms with van der Waals surface area (Å²) in [5, 5.41) is 0. The topological polar surface area (TPSA) is 99.6 Å². The molecule has 0 unspecified atom stereocenters. The van der Waals surface area contributed by atoms with Gasteiger partial charge in [-0.1, -0.05) is 13.3 Å². The molecule has 2 aliphatic rings. The lowest BCUT2D eigenvalue weighted by Gasteiger charge is -2.53. The van der Waals surface area contributed by atoms with Crippen LogP contribution in [0, 0.1) is 5.41 Å². The number of nitrogen functional groups attached to an aromatic ring is 1. The monoisotopic (exact) mass is 406 g/mol. The van der Waals surface area contributed by atoms with E-state index in [0.29, 0.717) is 19.6 Å². The number of amides is 1. The summed E-state index contributed by atoms with van der Waals surface area (Å²) in [5.74, 6) is 0.240. The van der Waals surface area contributed by atoms with Gasteiger partial charge in [-0.3, -0.25) is 13.9 Å². The lowest BCUT2D eigenvalue weighted by molar-refractivity contribution is -0.0537. The average molecular weight is 407 g/mol. The Labute approximate surface area is 171 Å². The SMILES string of the molecule is CCCCn1c(N)cc(=O)n(C2CCC3(CC2)CN(C(=O)OC(C)(C)C)C3)c1=O. The first-order chi connectivity index (χ1) is 13.6. The molecule has 29 heavy (non-hydrogen) atoms. The first-order valence-electron chi connectivity index (χ1n) is 10.6. The van der Waals surface area contributed by atoms with E-state index < -0.39 is 5.60 Å². The molecule has 1 aliphatic heterocycles. The van der Waals surface area contributed by atoms with Gasteiger partial charge in [0.1, 0.15) is 11.4 Å². The number of ether oxygens (including phenoxy) is 1. The van der Waals surface area contributed by atoms with Gasteiger partial charge < -0.3 is 15.4 Å². The lowest BCUT2D eigenvalue weighted by Crippen LogP contribution is -2.60. The first kappa shape index (κ1) is 21.5. The van der Waals surface area contributed by atoms with Gasteiger partial charge in [0, 0.05) is 37.2 Å². The maximum atomic E-state index is 12.9. The van der Waals surface area contributed by atoms with Crippen molar-refractivity contribution >= 4 is 11.9 Å². The van der Waals surface area contributed by atoms with Crippen LogP contribution in [0.1, 0.15) is 72.3 Å². The number of carbonyl (C=O) groups is 1. The molecule has 3 rings (SSSR count). The van der Waals surface area contributed by atoms with Crippen molar-refractivity contribution in [2.45, 2.75) is 84.4 Å². The summed E-state index contributed by atoms with van der Waals surface area (Å²) in [6, 6.07) is 1.26. The van der Waals surface area contributed by atoms with Crippen molar-refractivity contribution in [1.82, 2.24) is 14.0 Å². The van der Waals surface area contributed by atoms with Gasteiger partial charge in [-0.15, -0.1) is 0 Å². The standard InChI is InChI=1S/C21H34N4O4/c1-5-6-11-24-16(22)12-17(26)25(18(24)27)15-7-9-21(10-8-15)13-23(14-21)19(28)29-20(2,3)4/h12,15H,5-11,13-14,22H2,1-4H3. The minimum atomic E-state index is -0.495. The van der Waals surface area contributed by atoms with Gasteiger partial charge in [-0.2, -0.15) is 0 Å². The number of hydrogen-bond acceptors (Lipinski definition) is 5. The van der Waals surface area contributed by atoms with Crippen molar-refractivity contribution < 1.29 is 9.53 Å². The van der Waals surface area contributed by atoms with Gasteiger partial charge in [0.15, 0.2) is 0 Å². The number of nitrogens with two attached hydrogens (primary N) is 1. The minimum Gasteiger partial charge on any atom is -0.444 e. The zero-order valence-corrected chi connectivity index (χ0v) is 18.1. The predicted molar refractivity (Wildman–Crippen MR) is 112 cm³/mol. The molecule has 162 valence electrons. The molecule has 1 saturated heterocycles. The zero-order chi connectivity index (χ0) is 21.4. The second kappa shape index (κ2) is 7.88. The number of aromatic nitrogens is 2. The molecule has 0 atom stereocenters. The number of anilines is 1. The van der Waals surface area contributed by atoms with E-state index in [2.05, 4.69) is 6.92 Å².